The molecule has 0 aliphatic carbocycles. The Morgan fingerprint density at radius 2 is 1.68 bits per heavy atom. The molecule has 196 valence electrons. The minimum absolute atomic E-state index is 0.0250. The molecule has 0 aliphatic rings. The second-order valence-electron chi connectivity index (χ2n) is 8.03. The quantitative estimate of drug-likeness (QED) is 0.190. The zero-order valence-electron chi connectivity index (χ0n) is 20.3. The highest BCUT2D eigenvalue weighted by molar-refractivity contribution is 7.92. The number of nitro benzene ring substituents is 1. The molecule has 4 aromatic rings. The lowest BCUT2D eigenvalue weighted by atomic mass is 10.1. The molecule has 1 aromatic heterocycles. The summed E-state index contributed by atoms with van der Waals surface area (Å²) in [6.45, 7) is 1.76. The molecule has 0 bridgehead atoms. The van der Waals surface area contributed by atoms with Crippen molar-refractivity contribution >= 4 is 44.0 Å². The van der Waals surface area contributed by atoms with E-state index in [2.05, 4.69) is 10.0 Å². The maximum absolute atomic E-state index is 13.3. The summed E-state index contributed by atoms with van der Waals surface area (Å²) in [5, 5.41) is 14.5. The number of sulfonamides is 1. The molecule has 0 fully saturated rings. The van der Waals surface area contributed by atoms with Crippen LogP contribution in [0.15, 0.2) is 74.8 Å². The summed E-state index contributed by atoms with van der Waals surface area (Å²) in [7, 11) is -1.87. The van der Waals surface area contributed by atoms with Gasteiger partial charge in [-0.25, -0.2) is 13.2 Å². The van der Waals surface area contributed by atoms with Crippen molar-refractivity contribution in [3.8, 4) is 11.5 Å². The van der Waals surface area contributed by atoms with Crippen molar-refractivity contribution in [2.75, 3.05) is 24.3 Å². The third-order valence-corrected chi connectivity index (χ3v) is 6.95. The van der Waals surface area contributed by atoms with Crippen LogP contribution in [-0.4, -0.2) is 33.5 Å². The molecule has 0 spiro atoms. The molecule has 38 heavy (non-hydrogen) atoms. The number of hydrogen-bond donors (Lipinski definition) is 2. The summed E-state index contributed by atoms with van der Waals surface area (Å²) < 4.78 is 44.3. The third kappa shape index (κ3) is 5.27. The van der Waals surface area contributed by atoms with E-state index in [-0.39, 0.29) is 38.9 Å². The Balaban J connectivity index is 1.67. The number of amides is 1. The van der Waals surface area contributed by atoms with Crippen LogP contribution in [-0.2, 0) is 10.0 Å². The van der Waals surface area contributed by atoms with Gasteiger partial charge in [-0.3, -0.25) is 19.6 Å². The molecule has 2 N–H and O–H groups in total. The molecule has 1 amide bonds. The summed E-state index contributed by atoms with van der Waals surface area (Å²) in [5.74, 6) is -0.669. The van der Waals surface area contributed by atoms with Crippen LogP contribution in [0.5, 0.6) is 11.5 Å². The number of rotatable bonds is 8. The molecule has 1 heterocycles. The molecule has 0 radical (unpaired) electrons. The Morgan fingerprint density at radius 3 is 2.37 bits per heavy atom. The average Bonchev–Trinajstić information content (AvgIpc) is 2.87. The van der Waals surface area contributed by atoms with Gasteiger partial charge in [0, 0.05) is 40.9 Å². The number of non-ortho nitro benzene ring substituents is 1. The molecular formula is C25H21N3O9S. The van der Waals surface area contributed by atoms with Gasteiger partial charge in [0.25, 0.3) is 21.6 Å². The van der Waals surface area contributed by atoms with E-state index in [1.807, 2.05) is 0 Å². The fraction of sp³-hybridized carbons (Fsp3) is 0.120. The van der Waals surface area contributed by atoms with E-state index in [4.69, 9.17) is 13.9 Å². The van der Waals surface area contributed by atoms with Gasteiger partial charge >= 0.3 is 5.63 Å². The molecule has 0 atom stereocenters. The summed E-state index contributed by atoms with van der Waals surface area (Å²) in [4.78, 5) is 34.8. The summed E-state index contributed by atoms with van der Waals surface area (Å²) in [6, 6.07) is 13.4. The van der Waals surface area contributed by atoms with E-state index in [0.29, 0.717) is 16.6 Å². The fourth-order valence-electron chi connectivity index (χ4n) is 3.72. The van der Waals surface area contributed by atoms with Crippen LogP contribution in [0.25, 0.3) is 11.0 Å². The molecule has 13 heteroatoms. The number of carbonyl (C=O) groups excluding carboxylic acids is 1. The van der Waals surface area contributed by atoms with Gasteiger partial charge in [0.05, 0.1) is 24.8 Å². The number of carbonyl (C=O) groups is 1. The highest BCUT2D eigenvalue weighted by atomic mass is 32.2. The number of hydrogen-bond acceptors (Lipinski definition) is 9. The standard InChI is InChI=1S/C25H21N3O9S/c1-14-10-24(29)37-22-12-16(5-7-18(14)22)26-25(30)15-4-8-21(36-3)23(11-15)38(33,34)27-19-13-17(28(31)32)6-9-20(19)35-2/h4-13,27H,1-3H3,(H,26,30). The predicted octanol–water partition coefficient (Wildman–Crippen LogP) is 4.08. The number of nitrogens with zero attached hydrogens (tertiary/aromatic N) is 1. The first-order chi connectivity index (χ1) is 18.0. The van der Waals surface area contributed by atoms with Gasteiger partial charge in [0.1, 0.15) is 22.0 Å². The van der Waals surface area contributed by atoms with E-state index in [0.717, 1.165) is 12.1 Å². The molecule has 12 nitrogen and oxygen atoms in total. The maximum Gasteiger partial charge on any atom is 0.336 e. The van der Waals surface area contributed by atoms with Gasteiger partial charge in [0.15, 0.2) is 0 Å². The van der Waals surface area contributed by atoms with E-state index in [1.165, 1.54) is 50.6 Å². The fourth-order valence-corrected chi connectivity index (χ4v) is 4.98. The Hall–Kier alpha value is -4.91. The molecule has 0 saturated carbocycles. The second-order valence-corrected chi connectivity index (χ2v) is 9.68. The van der Waals surface area contributed by atoms with Crippen LogP contribution in [0, 0.1) is 17.0 Å². The monoisotopic (exact) mass is 539 g/mol. The lowest BCUT2D eigenvalue weighted by Gasteiger charge is -2.15. The minimum Gasteiger partial charge on any atom is -0.495 e. The Kier molecular flexibility index (Phi) is 7.04. The largest absolute Gasteiger partial charge is 0.495 e. The normalized spacial score (nSPS) is 11.1. The van der Waals surface area contributed by atoms with Crippen molar-refractivity contribution in [2.45, 2.75) is 11.8 Å². The number of nitrogens with one attached hydrogen (secondary N) is 2. The van der Waals surface area contributed by atoms with Crippen LogP contribution in [0.3, 0.4) is 0 Å². The van der Waals surface area contributed by atoms with Gasteiger partial charge in [-0.2, -0.15) is 0 Å². The summed E-state index contributed by atoms with van der Waals surface area (Å²) >= 11 is 0. The molecular weight excluding hydrogens is 518 g/mol. The van der Waals surface area contributed by atoms with Gasteiger partial charge in [-0.15, -0.1) is 0 Å². The van der Waals surface area contributed by atoms with Crippen molar-refractivity contribution in [3.05, 3.63) is 92.3 Å². The highest BCUT2D eigenvalue weighted by Gasteiger charge is 2.24. The first kappa shape index (κ1) is 26.2. The molecule has 3 aromatic carbocycles. The smallest absolute Gasteiger partial charge is 0.336 e. The second kappa shape index (κ2) is 10.2. The molecule has 0 unspecified atom stereocenters. The zero-order valence-corrected chi connectivity index (χ0v) is 21.1. The number of ether oxygens (including phenoxy) is 2. The molecule has 0 aliphatic heterocycles. The lowest BCUT2D eigenvalue weighted by Crippen LogP contribution is -2.17. The topological polar surface area (TPSA) is 167 Å². The van der Waals surface area contributed by atoms with Gasteiger partial charge < -0.3 is 19.2 Å². The number of fused-ring (bicyclic) bond motifs is 1. The summed E-state index contributed by atoms with van der Waals surface area (Å²) in [5.41, 5.74) is 0.222. The van der Waals surface area contributed by atoms with Gasteiger partial charge in [-0.1, -0.05) is 0 Å². The number of anilines is 2. The van der Waals surface area contributed by atoms with Crippen molar-refractivity contribution in [3.63, 3.8) is 0 Å². The molecule has 0 saturated heterocycles. The maximum atomic E-state index is 13.3. The first-order valence-corrected chi connectivity index (χ1v) is 12.4. The number of aryl methyl sites for hydroxylation is 1. The Morgan fingerprint density at radius 1 is 0.974 bits per heavy atom. The van der Waals surface area contributed by atoms with E-state index in [1.54, 1.807) is 19.1 Å². The van der Waals surface area contributed by atoms with Crippen molar-refractivity contribution in [1.82, 2.24) is 0 Å². The SMILES string of the molecule is COc1ccc([N+](=O)[O-])cc1NS(=O)(=O)c1cc(C(=O)Nc2ccc3c(C)cc(=O)oc3c2)ccc1OC. The van der Waals surface area contributed by atoms with Crippen LogP contribution < -0.4 is 25.1 Å². The van der Waals surface area contributed by atoms with Crippen LogP contribution in [0.2, 0.25) is 0 Å². The van der Waals surface area contributed by atoms with Crippen molar-refractivity contribution in [1.29, 1.82) is 0 Å². The first-order valence-electron chi connectivity index (χ1n) is 10.9. The third-order valence-electron chi connectivity index (χ3n) is 5.56. The van der Waals surface area contributed by atoms with Crippen LogP contribution in [0.4, 0.5) is 17.1 Å². The Labute approximate surface area is 216 Å². The van der Waals surface area contributed by atoms with E-state index >= 15 is 0 Å². The van der Waals surface area contributed by atoms with Gasteiger partial charge in [0.2, 0.25) is 0 Å². The van der Waals surface area contributed by atoms with Crippen LogP contribution >= 0.6 is 0 Å². The number of benzene rings is 3. The van der Waals surface area contributed by atoms with Crippen molar-refractivity contribution in [2.24, 2.45) is 0 Å². The number of methoxy groups -OCH3 is 2. The zero-order chi connectivity index (χ0) is 27.6. The molecule has 4 rings (SSSR count). The lowest BCUT2D eigenvalue weighted by molar-refractivity contribution is -0.384. The minimum atomic E-state index is -4.41. The Bertz CT molecular complexity index is 1750. The average molecular weight is 540 g/mol. The van der Waals surface area contributed by atoms with E-state index < -0.39 is 26.5 Å². The van der Waals surface area contributed by atoms with Crippen molar-refractivity contribution < 1.29 is 32.0 Å². The van der Waals surface area contributed by atoms with Gasteiger partial charge in [-0.05, 0) is 48.9 Å². The van der Waals surface area contributed by atoms with Crippen LogP contribution in [0.1, 0.15) is 15.9 Å². The number of nitro groups is 1. The summed E-state index contributed by atoms with van der Waals surface area (Å²) in [6.07, 6.45) is 0. The highest BCUT2D eigenvalue weighted by Crippen LogP contribution is 2.33. The predicted molar refractivity (Wildman–Crippen MR) is 139 cm³/mol. The van der Waals surface area contributed by atoms with E-state index in [9.17, 15) is 28.1 Å².